The van der Waals surface area contributed by atoms with Crippen LogP contribution < -0.4 is 11.1 Å². The number of rotatable bonds is 4. The second-order valence-corrected chi connectivity index (χ2v) is 5.93. The Balaban J connectivity index is 2.64. The largest absolute Gasteiger partial charge is 0.398 e. The average Bonchev–Trinajstić information content (AvgIpc) is 2.22. The van der Waals surface area contributed by atoms with Crippen LogP contribution in [0.15, 0.2) is 23.1 Å². The molecule has 0 aliphatic rings. The number of hydrogen-bond donors (Lipinski definition) is 2. The van der Waals surface area contributed by atoms with Gasteiger partial charge in [0.2, 0.25) is 5.91 Å². The molecule has 1 aromatic carbocycles. The van der Waals surface area contributed by atoms with Crippen molar-refractivity contribution >= 4 is 35.0 Å². The van der Waals surface area contributed by atoms with Gasteiger partial charge in [0.15, 0.2) is 0 Å². The summed E-state index contributed by atoms with van der Waals surface area (Å²) in [7, 11) is 0. The molecule has 0 spiro atoms. The van der Waals surface area contributed by atoms with Crippen molar-refractivity contribution in [3.8, 4) is 0 Å². The summed E-state index contributed by atoms with van der Waals surface area (Å²) in [6.45, 7) is 5.75. The van der Waals surface area contributed by atoms with Gasteiger partial charge in [-0.15, -0.1) is 11.8 Å². The lowest BCUT2D eigenvalue weighted by Gasteiger charge is -2.14. The molecule has 5 heteroatoms. The number of carbonyl (C=O) groups is 1. The maximum absolute atomic E-state index is 11.7. The van der Waals surface area contributed by atoms with Gasteiger partial charge < -0.3 is 11.1 Å². The number of carbonyl (C=O) groups excluding carboxylic acids is 1. The van der Waals surface area contributed by atoms with E-state index >= 15 is 0 Å². The van der Waals surface area contributed by atoms with E-state index in [2.05, 4.69) is 5.32 Å². The lowest BCUT2D eigenvalue weighted by atomic mass is 10.3. The lowest BCUT2D eigenvalue weighted by molar-refractivity contribution is -0.120. The van der Waals surface area contributed by atoms with E-state index in [1.807, 2.05) is 26.8 Å². The molecule has 0 radical (unpaired) electrons. The number of halogens is 1. The van der Waals surface area contributed by atoms with Crippen molar-refractivity contribution in [2.75, 3.05) is 5.73 Å². The van der Waals surface area contributed by atoms with Gasteiger partial charge in [0.25, 0.3) is 0 Å². The topological polar surface area (TPSA) is 55.1 Å². The highest BCUT2D eigenvalue weighted by molar-refractivity contribution is 8.00. The third-order valence-corrected chi connectivity index (χ3v) is 3.51. The number of anilines is 1. The van der Waals surface area contributed by atoms with E-state index in [1.54, 1.807) is 12.1 Å². The van der Waals surface area contributed by atoms with E-state index in [0.29, 0.717) is 10.7 Å². The minimum Gasteiger partial charge on any atom is -0.398 e. The van der Waals surface area contributed by atoms with Crippen molar-refractivity contribution in [1.29, 1.82) is 0 Å². The molecule has 3 N–H and O–H groups in total. The van der Waals surface area contributed by atoms with Crippen molar-refractivity contribution in [3.63, 3.8) is 0 Å². The van der Waals surface area contributed by atoms with Crippen molar-refractivity contribution in [1.82, 2.24) is 5.32 Å². The van der Waals surface area contributed by atoms with Gasteiger partial charge in [0.1, 0.15) is 0 Å². The molecule has 0 aliphatic carbocycles. The van der Waals surface area contributed by atoms with E-state index in [-0.39, 0.29) is 17.2 Å². The highest BCUT2D eigenvalue weighted by atomic mass is 35.5. The summed E-state index contributed by atoms with van der Waals surface area (Å²) in [4.78, 5) is 12.7. The second kappa shape index (κ2) is 6.17. The molecule has 1 atom stereocenters. The Bertz CT molecular complexity index is 409. The normalized spacial score (nSPS) is 12.5. The van der Waals surface area contributed by atoms with Crippen molar-refractivity contribution in [2.24, 2.45) is 0 Å². The first kappa shape index (κ1) is 14.2. The maximum atomic E-state index is 11.7. The third kappa shape index (κ3) is 4.48. The Labute approximate surface area is 111 Å². The fraction of sp³-hybridized carbons (Fsp3) is 0.417. The molecule has 1 unspecified atom stereocenters. The quantitative estimate of drug-likeness (QED) is 0.655. The van der Waals surface area contributed by atoms with Gasteiger partial charge in [-0.2, -0.15) is 0 Å². The second-order valence-electron chi connectivity index (χ2n) is 4.11. The van der Waals surface area contributed by atoms with E-state index < -0.39 is 0 Å². The van der Waals surface area contributed by atoms with Crippen LogP contribution in [-0.2, 0) is 4.79 Å². The van der Waals surface area contributed by atoms with Gasteiger partial charge in [0, 0.05) is 10.9 Å². The van der Waals surface area contributed by atoms with Crippen molar-refractivity contribution < 1.29 is 4.79 Å². The molecule has 0 fully saturated rings. The summed E-state index contributed by atoms with van der Waals surface area (Å²) in [6.07, 6.45) is 0. The molecule has 1 aromatic rings. The zero-order valence-corrected chi connectivity index (χ0v) is 11.7. The number of nitrogens with one attached hydrogen (secondary N) is 1. The molecule has 1 rings (SSSR count). The predicted octanol–water partition coefficient (Wildman–Crippen LogP) is 2.93. The number of nitrogens with two attached hydrogens (primary N) is 1. The smallest absolute Gasteiger partial charge is 0.233 e. The Kier molecular flexibility index (Phi) is 5.15. The van der Waals surface area contributed by atoms with Crippen molar-refractivity contribution in [2.45, 2.75) is 37.0 Å². The number of benzene rings is 1. The van der Waals surface area contributed by atoms with Crippen LogP contribution in [0.3, 0.4) is 0 Å². The van der Waals surface area contributed by atoms with Crippen molar-refractivity contribution in [3.05, 3.63) is 23.2 Å². The van der Waals surface area contributed by atoms with Crippen LogP contribution in [0.25, 0.3) is 0 Å². The molecule has 1 amide bonds. The fourth-order valence-corrected chi connectivity index (χ4v) is 2.40. The lowest BCUT2D eigenvalue weighted by Crippen LogP contribution is -2.35. The summed E-state index contributed by atoms with van der Waals surface area (Å²) < 4.78 is 0. The van der Waals surface area contributed by atoms with Crippen LogP contribution >= 0.6 is 23.4 Å². The Morgan fingerprint density at radius 1 is 1.41 bits per heavy atom. The summed E-state index contributed by atoms with van der Waals surface area (Å²) >= 11 is 7.39. The van der Waals surface area contributed by atoms with Crippen LogP contribution in [0.4, 0.5) is 5.69 Å². The van der Waals surface area contributed by atoms with Gasteiger partial charge in [0.05, 0.1) is 16.0 Å². The Morgan fingerprint density at radius 3 is 2.59 bits per heavy atom. The molecule has 17 heavy (non-hydrogen) atoms. The average molecular weight is 273 g/mol. The Hall–Kier alpha value is -0.870. The highest BCUT2D eigenvalue weighted by Gasteiger charge is 2.15. The summed E-state index contributed by atoms with van der Waals surface area (Å²) in [5.41, 5.74) is 6.18. The van der Waals surface area contributed by atoms with E-state index in [1.165, 1.54) is 11.8 Å². The fourth-order valence-electron chi connectivity index (χ4n) is 1.24. The van der Waals surface area contributed by atoms with E-state index in [4.69, 9.17) is 17.3 Å². The molecule has 0 aromatic heterocycles. The summed E-state index contributed by atoms with van der Waals surface area (Å²) in [5, 5.41) is 3.24. The number of nitrogen functional groups attached to an aromatic ring is 1. The van der Waals surface area contributed by atoms with Gasteiger partial charge in [-0.25, -0.2) is 0 Å². The zero-order chi connectivity index (χ0) is 13.0. The summed E-state index contributed by atoms with van der Waals surface area (Å²) in [6, 6.07) is 5.55. The summed E-state index contributed by atoms with van der Waals surface area (Å²) in [5.74, 6) is 0.0259. The molecule has 94 valence electrons. The molecular weight excluding hydrogens is 256 g/mol. The van der Waals surface area contributed by atoms with E-state index in [0.717, 1.165) is 4.90 Å². The monoisotopic (exact) mass is 272 g/mol. The van der Waals surface area contributed by atoms with Crippen LogP contribution in [0.1, 0.15) is 20.8 Å². The highest BCUT2D eigenvalue weighted by Crippen LogP contribution is 2.29. The maximum Gasteiger partial charge on any atom is 0.233 e. The number of amides is 1. The Morgan fingerprint density at radius 2 is 2.06 bits per heavy atom. The number of thioether (sulfide) groups is 1. The molecule has 0 heterocycles. The van der Waals surface area contributed by atoms with Crippen LogP contribution in [-0.4, -0.2) is 17.2 Å². The van der Waals surface area contributed by atoms with Gasteiger partial charge in [-0.1, -0.05) is 11.6 Å². The van der Waals surface area contributed by atoms with Crippen LogP contribution in [0.2, 0.25) is 5.02 Å². The number of hydrogen-bond acceptors (Lipinski definition) is 3. The van der Waals surface area contributed by atoms with Crippen LogP contribution in [0, 0.1) is 0 Å². The minimum atomic E-state index is -0.155. The SMILES string of the molecule is CC(C)NC(=O)C(C)Sc1ccc(N)c(Cl)c1. The van der Waals surface area contributed by atoms with Gasteiger partial charge in [-0.3, -0.25) is 4.79 Å². The van der Waals surface area contributed by atoms with E-state index in [9.17, 15) is 4.79 Å². The first-order valence-electron chi connectivity index (χ1n) is 5.42. The molecular formula is C12H17ClN2OS. The molecule has 0 saturated carbocycles. The van der Waals surface area contributed by atoms with Crippen LogP contribution in [0.5, 0.6) is 0 Å². The van der Waals surface area contributed by atoms with Gasteiger partial charge in [-0.05, 0) is 39.0 Å². The first-order chi connectivity index (χ1) is 7.90. The standard InChI is InChI=1S/C12H17ClN2OS/c1-7(2)15-12(16)8(3)17-9-4-5-11(14)10(13)6-9/h4-8H,14H2,1-3H3,(H,15,16). The molecule has 0 bridgehead atoms. The molecule has 0 saturated heterocycles. The minimum absolute atomic E-state index is 0.0259. The molecule has 0 aliphatic heterocycles. The van der Waals surface area contributed by atoms with Gasteiger partial charge >= 0.3 is 0 Å². The third-order valence-electron chi connectivity index (χ3n) is 2.08. The zero-order valence-electron chi connectivity index (χ0n) is 10.2. The first-order valence-corrected chi connectivity index (χ1v) is 6.68. The molecule has 3 nitrogen and oxygen atoms in total. The predicted molar refractivity (Wildman–Crippen MR) is 74.5 cm³/mol.